The molecule has 0 spiro atoms. The molecule has 8 heteroatoms. The molecule has 1 aliphatic heterocycles. The van der Waals surface area contributed by atoms with Gasteiger partial charge in [-0.25, -0.2) is 4.90 Å². The number of rotatable bonds is 6. The number of nitrogens with zero attached hydrogens (tertiary/aromatic N) is 3. The normalized spacial score (nSPS) is 23.4. The van der Waals surface area contributed by atoms with Gasteiger partial charge in [0, 0.05) is 30.9 Å². The van der Waals surface area contributed by atoms with Gasteiger partial charge in [0.25, 0.3) is 5.69 Å². The number of nitrogens with one attached hydrogen (secondary N) is 1. The van der Waals surface area contributed by atoms with Crippen LogP contribution >= 0.6 is 0 Å². The zero-order valence-corrected chi connectivity index (χ0v) is 16.8. The van der Waals surface area contributed by atoms with E-state index in [4.69, 9.17) is 0 Å². The number of benzene rings is 1. The van der Waals surface area contributed by atoms with Crippen LogP contribution in [-0.4, -0.2) is 28.3 Å². The lowest BCUT2D eigenvalue weighted by Gasteiger charge is -2.25. The van der Waals surface area contributed by atoms with E-state index in [1.165, 1.54) is 6.07 Å². The summed E-state index contributed by atoms with van der Waals surface area (Å²) in [7, 11) is 0. The highest BCUT2D eigenvalue weighted by Gasteiger charge is 2.50. The number of aromatic nitrogens is 1. The summed E-state index contributed by atoms with van der Waals surface area (Å²) in [5, 5.41) is 14.7. The average molecular weight is 408 g/mol. The number of imide groups is 1. The summed E-state index contributed by atoms with van der Waals surface area (Å²) < 4.78 is 0. The van der Waals surface area contributed by atoms with Crippen LogP contribution in [0.5, 0.6) is 0 Å². The minimum atomic E-state index is -0.493. The number of nitro benzene ring substituents is 1. The number of nitro groups is 1. The van der Waals surface area contributed by atoms with Gasteiger partial charge < -0.3 is 5.32 Å². The molecule has 2 amide bonds. The highest BCUT2D eigenvalue weighted by atomic mass is 16.6. The molecule has 0 unspecified atom stereocenters. The van der Waals surface area contributed by atoms with E-state index in [1.807, 2.05) is 18.2 Å². The van der Waals surface area contributed by atoms with E-state index in [0.29, 0.717) is 37.4 Å². The van der Waals surface area contributed by atoms with Gasteiger partial charge in [-0.1, -0.05) is 13.0 Å². The third-order valence-corrected chi connectivity index (χ3v) is 6.05. The molecule has 2 fully saturated rings. The van der Waals surface area contributed by atoms with E-state index in [-0.39, 0.29) is 35.0 Å². The Labute approximate surface area is 174 Å². The lowest BCUT2D eigenvalue weighted by Crippen LogP contribution is -2.31. The van der Waals surface area contributed by atoms with Crippen LogP contribution in [-0.2, 0) is 16.0 Å². The monoisotopic (exact) mass is 408 g/mol. The number of carbonyl (C=O) groups excluding carboxylic acids is 2. The van der Waals surface area contributed by atoms with Crippen LogP contribution in [0.25, 0.3) is 0 Å². The molecule has 30 heavy (non-hydrogen) atoms. The number of hydrogen-bond acceptors (Lipinski definition) is 6. The van der Waals surface area contributed by atoms with E-state index in [9.17, 15) is 19.7 Å². The van der Waals surface area contributed by atoms with E-state index in [1.54, 1.807) is 18.3 Å². The number of fused-ring (bicyclic) bond motifs is 1. The Morgan fingerprint density at radius 1 is 1.17 bits per heavy atom. The van der Waals surface area contributed by atoms with Crippen molar-refractivity contribution in [2.45, 2.75) is 32.6 Å². The second-order valence-electron chi connectivity index (χ2n) is 8.10. The quantitative estimate of drug-likeness (QED) is 0.445. The molecule has 8 nitrogen and oxygen atoms in total. The van der Waals surface area contributed by atoms with Gasteiger partial charge >= 0.3 is 0 Å². The van der Waals surface area contributed by atoms with Gasteiger partial charge in [-0.2, -0.15) is 0 Å². The number of carbonyl (C=O) groups is 2. The number of amides is 2. The molecule has 1 saturated carbocycles. The average Bonchev–Trinajstić information content (AvgIpc) is 2.98. The molecule has 3 atom stereocenters. The maximum atomic E-state index is 12.9. The molecule has 2 aliphatic rings. The van der Waals surface area contributed by atoms with Gasteiger partial charge in [-0.15, -0.1) is 0 Å². The van der Waals surface area contributed by atoms with E-state index in [0.717, 1.165) is 17.0 Å². The second kappa shape index (κ2) is 8.22. The van der Waals surface area contributed by atoms with E-state index >= 15 is 0 Å². The fraction of sp³-hybridized carbons (Fsp3) is 0.409. The van der Waals surface area contributed by atoms with Gasteiger partial charge in [0.05, 0.1) is 22.4 Å². The topological polar surface area (TPSA) is 105 Å². The van der Waals surface area contributed by atoms with Crippen LogP contribution in [0.4, 0.5) is 17.1 Å². The summed E-state index contributed by atoms with van der Waals surface area (Å²) in [6.45, 7) is 2.56. The molecule has 2 aromatic rings. The lowest BCUT2D eigenvalue weighted by atomic mass is 9.76. The summed E-state index contributed by atoms with van der Waals surface area (Å²) in [5.74, 6) is -0.674. The standard InChI is InChI=1S/C22H24N4O4/c1-14-5-7-17-18(12-14)22(28)25(21(17)27)16-6-8-19(20(13-16)26(29)30)24-11-9-15-4-2-3-10-23-15/h2-4,6,8,10,13-14,17-18,24H,5,7,9,11-12H2,1H3/t14-,17+,18+/m1/s1. The van der Waals surface area contributed by atoms with E-state index < -0.39 is 4.92 Å². The van der Waals surface area contributed by atoms with Crippen molar-refractivity contribution in [1.29, 1.82) is 0 Å². The van der Waals surface area contributed by atoms with Crippen LogP contribution in [0, 0.1) is 27.9 Å². The van der Waals surface area contributed by atoms with Gasteiger partial charge in [0.2, 0.25) is 11.8 Å². The molecular weight excluding hydrogens is 384 g/mol. The Bertz CT molecular complexity index is 978. The third-order valence-electron chi connectivity index (χ3n) is 6.05. The first kappa shape index (κ1) is 20.0. The maximum absolute atomic E-state index is 12.9. The Morgan fingerprint density at radius 2 is 1.97 bits per heavy atom. The van der Waals surface area contributed by atoms with Crippen LogP contribution < -0.4 is 10.2 Å². The molecule has 4 rings (SSSR count). The van der Waals surface area contributed by atoms with Gasteiger partial charge in [0.15, 0.2) is 0 Å². The molecule has 156 valence electrons. The molecule has 1 aromatic carbocycles. The molecule has 1 saturated heterocycles. The van der Waals surface area contributed by atoms with Crippen molar-refractivity contribution in [3.63, 3.8) is 0 Å². The molecular formula is C22H24N4O4. The Morgan fingerprint density at radius 3 is 2.70 bits per heavy atom. The smallest absolute Gasteiger partial charge is 0.294 e. The SMILES string of the molecule is C[C@@H]1CC[C@@H]2C(=O)N(c3ccc(NCCc4ccccn4)c([N+](=O)[O-])c3)C(=O)[C@H]2C1. The molecule has 1 N–H and O–H groups in total. The van der Waals surface area contributed by atoms with Crippen LogP contribution in [0.15, 0.2) is 42.6 Å². The molecule has 0 bridgehead atoms. The highest BCUT2D eigenvalue weighted by molar-refractivity contribution is 6.22. The van der Waals surface area contributed by atoms with Crippen molar-refractivity contribution in [1.82, 2.24) is 4.98 Å². The lowest BCUT2D eigenvalue weighted by molar-refractivity contribution is -0.383. The largest absolute Gasteiger partial charge is 0.379 e. The molecule has 1 aromatic heterocycles. The second-order valence-corrected chi connectivity index (χ2v) is 8.10. The molecule has 0 radical (unpaired) electrons. The summed E-state index contributed by atoms with van der Waals surface area (Å²) in [5.41, 5.74) is 1.35. The number of anilines is 2. The Kier molecular flexibility index (Phi) is 5.48. The van der Waals surface area contributed by atoms with Crippen LogP contribution in [0.2, 0.25) is 0 Å². The van der Waals surface area contributed by atoms with Gasteiger partial charge in [-0.3, -0.25) is 24.7 Å². The van der Waals surface area contributed by atoms with Crippen molar-refractivity contribution in [3.05, 3.63) is 58.4 Å². The first-order valence-electron chi connectivity index (χ1n) is 10.3. The van der Waals surface area contributed by atoms with E-state index in [2.05, 4.69) is 17.2 Å². The summed E-state index contributed by atoms with van der Waals surface area (Å²) in [6.07, 6.45) is 4.63. The first-order valence-corrected chi connectivity index (χ1v) is 10.3. The maximum Gasteiger partial charge on any atom is 0.294 e. The van der Waals surface area contributed by atoms with Crippen molar-refractivity contribution in [3.8, 4) is 0 Å². The highest BCUT2D eigenvalue weighted by Crippen LogP contribution is 2.43. The molecule has 1 aliphatic carbocycles. The molecule has 2 heterocycles. The zero-order chi connectivity index (χ0) is 21.3. The Hall–Kier alpha value is -3.29. The fourth-order valence-corrected chi connectivity index (χ4v) is 4.48. The van der Waals surface area contributed by atoms with Crippen molar-refractivity contribution >= 4 is 28.9 Å². The Balaban J connectivity index is 1.53. The third kappa shape index (κ3) is 3.77. The minimum absolute atomic E-state index is 0.155. The fourth-order valence-electron chi connectivity index (χ4n) is 4.48. The van der Waals surface area contributed by atoms with Crippen molar-refractivity contribution < 1.29 is 14.5 Å². The summed E-state index contributed by atoms with van der Waals surface area (Å²) in [4.78, 5) is 42.3. The zero-order valence-electron chi connectivity index (χ0n) is 16.8. The van der Waals surface area contributed by atoms with Crippen LogP contribution in [0.1, 0.15) is 31.9 Å². The first-order chi connectivity index (χ1) is 14.5. The van der Waals surface area contributed by atoms with Gasteiger partial charge in [0.1, 0.15) is 5.69 Å². The summed E-state index contributed by atoms with van der Waals surface area (Å²) in [6, 6.07) is 10.1. The summed E-state index contributed by atoms with van der Waals surface area (Å²) >= 11 is 0. The van der Waals surface area contributed by atoms with Crippen molar-refractivity contribution in [2.75, 3.05) is 16.8 Å². The predicted molar refractivity (Wildman–Crippen MR) is 112 cm³/mol. The minimum Gasteiger partial charge on any atom is -0.379 e. The predicted octanol–water partition coefficient (Wildman–Crippen LogP) is 3.57. The van der Waals surface area contributed by atoms with Crippen LogP contribution in [0.3, 0.4) is 0 Å². The van der Waals surface area contributed by atoms with Gasteiger partial charge in [-0.05, 0) is 49.4 Å². The number of pyridine rings is 1. The van der Waals surface area contributed by atoms with Crippen molar-refractivity contribution in [2.24, 2.45) is 17.8 Å². The number of hydrogen-bond donors (Lipinski definition) is 1.